The summed E-state index contributed by atoms with van der Waals surface area (Å²) in [6.45, 7) is 1.18. The number of benzene rings is 3. The Balaban J connectivity index is 0.000000328. The van der Waals surface area contributed by atoms with E-state index in [-0.39, 0.29) is 16.2 Å². The van der Waals surface area contributed by atoms with Crippen molar-refractivity contribution in [3.05, 3.63) is 110 Å². The number of hydrogen-bond donors (Lipinski definition) is 1. The van der Waals surface area contributed by atoms with E-state index in [0.29, 0.717) is 5.56 Å². The molecule has 0 atom stereocenters. The lowest BCUT2D eigenvalue weighted by molar-refractivity contribution is -0.394. The van der Waals surface area contributed by atoms with Crippen LogP contribution in [0.15, 0.2) is 77.7 Å². The van der Waals surface area contributed by atoms with Crippen LogP contribution in [0.5, 0.6) is 0 Å². The van der Waals surface area contributed by atoms with Crippen LogP contribution < -0.4 is 0 Å². The molecule has 0 aromatic heterocycles. The molecule has 3 aromatic rings. The molecule has 0 bridgehead atoms. The summed E-state index contributed by atoms with van der Waals surface area (Å²) in [4.78, 5) is 20.0. The lowest BCUT2D eigenvalue weighted by Gasteiger charge is -2.06. The van der Waals surface area contributed by atoms with Gasteiger partial charge in [0.25, 0.3) is 31.6 Å². The first kappa shape index (κ1) is 27.5. The van der Waals surface area contributed by atoms with Gasteiger partial charge in [0, 0.05) is 6.07 Å². The van der Waals surface area contributed by atoms with Crippen molar-refractivity contribution in [3.8, 4) is 0 Å². The van der Waals surface area contributed by atoms with Crippen LogP contribution >= 0.6 is 0 Å². The predicted molar refractivity (Wildman–Crippen MR) is 125 cm³/mol. The molecule has 0 spiro atoms. The fourth-order valence-corrected chi connectivity index (χ4v) is 4.16. The van der Waals surface area contributed by atoms with E-state index in [9.17, 15) is 37.1 Å². The van der Waals surface area contributed by atoms with E-state index >= 15 is 0 Å². The molecule has 0 aliphatic carbocycles. The molecule has 0 saturated heterocycles. The third kappa shape index (κ3) is 8.86. The zero-order valence-electron chi connectivity index (χ0n) is 18.2. The van der Waals surface area contributed by atoms with Gasteiger partial charge >= 0.3 is 0 Å². The predicted octanol–water partition coefficient (Wildman–Crippen LogP) is 3.79. The van der Waals surface area contributed by atoms with Crippen molar-refractivity contribution >= 4 is 31.6 Å². The first-order chi connectivity index (χ1) is 16.3. The molecule has 12 nitrogen and oxygen atoms in total. The molecule has 0 fully saturated rings. The van der Waals surface area contributed by atoms with Crippen LogP contribution in [0.25, 0.3) is 0 Å². The van der Waals surface area contributed by atoms with Gasteiger partial charge < -0.3 is 0 Å². The van der Waals surface area contributed by atoms with Gasteiger partial charge in [-0.3, -0.25) is 29.0 Å². The number of nitro benzene ring substituents is 2. The zero-order chi connectivity index (χ0) is 26.2. The quantitative estimate of drug-likeness (QED) is 0.197. The minimum atomic E-state index is -4.10. The number of aryl methyl sites for hydroxylation is 1. The second-order valence-corrected chi connectivity index (χ2v) is 10.1. The highest BCUT2D eigenvalue weighted by Gasteiger charge is 2.22. The molecular weight excluding hydrogens is 504 g/mol. The van der Waals surface area contributed by atoms with E-state index < -0.39 is 48.1 Å². The Kier molecular flexibility index (Phi) is 9.13. The SMILES string of the molecule is Cc1ccc(S(=O)(=O)OCc2ccc([N+](=O)[O-])cc2[N+](=O)[O-])cc1.O=S(=O)(O)Cc1ccccc1. The molecule has 1 N–H and O–H groups in total. The van der Waals surface area contributed by atoms with E-state index in [1.54, 1.807) is 49.4 Å². The number of nitrogens with zero attached hydrogens (tertiary/aromatic N) is 2. The average Bonchev–Trinajstić information content (AvgIpc) is 2.78. The van der Waals surface area contributed by atoms with Crippen molar-refractivity contribution in [2.45, 2.75) is 24.2 Å². The lowest BCUT2D eigenvalue weighted by Crippen LogP contribution is -2.08. The molecule has 35 heavy (non-hydrogen) atoms. The first-order valence-corrected chi connectivity index (χ1v) is 12.7. The Morgan fingerprint density at radius 2 is 1.46 bits per heavy atom. The normalized spacial score (nSPS) is 11.3. The van der Waals surface area contributed by atoms with Gasteiger partial charge in [0.2, 0.25) is 0 Å². The molecule has 0 saturated carbocycles. The Morgan fingerprint density at radius 3 is 1.97 bits per heavy atom. The van der Waals surface area contributed by atoms with Crippen LogP contribution in [0.2, 0.25) is 0 Å². The molecule has 0 aliphatic rings. The van der Waals surface area contributed by atoms with Crippen molar-refractivity contribution in [1.29, 1.82) is 0 Å². The van der Waals surface area contributed by atoms with Crippen LogP contribution in [0.4, 0.5) is 11.4 Å². The second-order valence-electron chi connectivity index (χ2n) is 7.07. The first-order valence-electron chi connectivity index (χ1n) is 9.65. The Hall–Kier alpha value is -3.72. The van der Waals surface area contributed by atoms with E-state index in [2.05, 4.69) is 0 Å². The van der Waals surface area contributed by atoms with Gasteiger partial charge in [-0.15, -0.1) is 0 Å². The Morgan fingerprint density at radius 1 is 0.857 bits per heavy atom. The number of nitro groups is 2. The van der Waals surface area contributed by atoms with Crippen LogP contribution in [0, 0.1) is 27.2 Å². The van der Waals surface area contributed by atoms with Crippen molar-refractivity contribution in [3.63, 3.8) is 0 Å². The van der Waals surface area contributed by atoms with Crippen molar-refractivity contribution in [2.24, 2.45) is 0 Å². The van der Waals surface area contributed by atoms with Crippen molar-refractivity contribution < 1.29 is 35.4 Å². The average molecular weight is 525 g/mol. The largest absolute Gasteiger partial charge is 0.297 e. The second kappa shape index (κ2) is 11.6. The Labute approximate surface area is 201 Å². The summed E-state index contributed by atoms with van der Waals surface area (Å²) in [5.74, 6) is -0.312. The van der Waals surface area contributed by atoms with Crippen LogP contribution in [0.3, 0.4) is 0 Å². The summed E-state index contributed by atoms with van der Waals surface area (Å²) in [6, 6.07) is 17.3. The van der Waals surface area contributed by atoms with Gasteiger partial charge in [-0.25, -0.2) is 0 Å². The molecule has 14 heteroatoms. The summed E-state index contributed by atoms with van der Waals surface area (Å²) < 4.78 is 58.1. The van der Waals surface area contributed by atoms with Crippen molar-refractivity contribution in [2.75, 3.05) is 0 Å². The molecule has 3 rings (SSSR count). The third-order valence-electron chi connectivity index (χ3n) is 4.35. The minimum Gasteiger partial charge on any atom is -0.285 e. The maximum Gasteiger partial charge on any atom is 0.297 e. The van der Waals surface area contributed by atoms with Crippen LogP contribution in [0.1, 0.15) is 16.7 Å². The smallest absolute Gasteiger partial charge is 0.285 e. The summed E-state index contributed by atoms with van der Waals surface area (Å²) >= 11 is 0. The third-order valence-corrected chi connectivity index (χ3v) is 6.32. The number of rotatable bonds is 8. The summed E-state index contributed by atoms with van der Waals surface area (Å²) in [5.41, 5.74) is 0.325. The number of hydrogen-bond acceptors (Lipinski definition) is 9. The molecule has 0 heterocycles. The maximum absolute atomic E-state index is 12.1. The maximum atomic E-state index is 12.1. The van der Waals surface area contributed by atoms with Gasteiger partial charge in [-0.05, 0) is 30.7 Å². The lowest BCUT2D eigenvalue weighted by atomic mass is 10.2. The van der Waals surface area contributed by atoms with E-state index in [1.165, 1.54) is 12.1 Å². The van der Waals surface area contributed by atoms with E-state index in [0.717, 1.165) is 23.8 Å². The van der Waals surface area contributed by atoms with Crippen LogP contribution in [-0.2, 0) is 36.8 Å². The highest BCUT2D eigenvalue weighted by atomic mass is 32.2. The molecule has 0 unspecified atom stereocenters. The summed E-state index contributed by atoms with van der Waals surface area (Å²) in [5, 5.41) is 21.7. The highest BCUT2D eigenvalue weighted by Crippen LogP contribution is 2.26. The molecule has 0 amide bonds. The Bertz CT molecular complexity index is 1410. The zero-order valence-corrected chi connectivity index (χ0v) is 19.8. The topological polar surface area (TPSA) is 184 Å². The van der Waals surface area contributed by atoms with Gasteiger partial charge in [0.05, 0.1) is 33.0 Å². The summed E-state index contributed by atoms with van der Waals surface area (Å²) in [6.07, 6.45) is 0. The van der Waals surface area contributed by atoms with E-state index in [4.69, 9.17) is 8.74 Å². The fourth-order valence-electron chi connectivity index (χ4n) is 2.66. The monoisotopic (exact) mass is 524 g/mol. The molecule has 3 aromatic carbocycles. The fraction of sp³-hybridized carbons (Fsp3) is 0.143. The summed E-state index contributed by atoms with van der Waals surface area (Å²) in [7, 11) is -7.98. The van der Waals surface area contributed by atoms with Gasteiger partial charge in [0.1, 0.15) is 5.75 Å². The van der Waals surface area contributed by atoms with E-state index in [1.807, 2.05) is 0 Å². The standard InChI is InChI=1S/C14H12N2O7S.C7H8O3S/c1-10-2-6-13(7-3-10)24(21,22)23-9-11-4-5-12(15(17)18)8-14(11)16(19)20;8-11(9,10)6-7-4-2-1-3-5-7/h2-8H,9H2,1H3;1-5H,6H2,(H,8,9,10). The molecular formula is C21H20N2O10S2. The van der Waals surface area contributed by atoms with Crippen molar-refractivity contribution in [1.82, 2.24) is 0 Å². The molecule has 0 aliphatic heterocycles. The highest BCUT2D eigenvalue weighted by molar-refractivity contribution is 7.86. The van der Waals surface area contributed by atoms with Gasteiger partial charge in [0.15, 0.2) is 0 Å². The molecule has 186 valence electrons. The number of non-ortho nitro benzene ring substituents is 1. The van der Waals surface area contributed by atoms with Gasteiger partial charge in [-0.2, -0.15) is 16.8 Å². The van der Waals surface area contributed by atoms with Crippen LogP contribution in [-0.4, -0.2) is 31.2 Å². The molecule has 0 radical (unpaired) electrons. The minimum absolute atomic E-state index is 0.0821. The van der Waals surface area contributed by atoms with Gasteiger partial charge in [-0.1, -0.05) is 48.0 Å².